The molecule has 86 valence electrons. The lowest BCUT2D eigenvalue weighted by molar-refractivity contribution is -0.144. The van der Waals surface area contributed by atoms with E-state index in [1.807, 2.05) is 11.9 Å². The van der Waals surface area contributed by atoms with Crippen molar-refractivity contribution in [2.75, 3.05) is 40.3 Å². The summed E-state index contributed by atoms with van der Waals surface area (Å²) in [5.41, 5.74) is 0. The van der Waals surface area contributed by atoms with Gasteiger partial charge >= 0.3 is 5.97 Å². The third kappa shape index (κ3) is 3.17. The van der Waals surface area contributed by atoms with E-state index in [1.54, 1.807) is 7.05 Å². The van der Waals surface area contributed by atoms with Crippen molar-refractivity contribution in [2.24, 2.45) is 0 Å². The van der Waals surface area contributed by atoms with Crippen molar-refractivity contribution < 1.29 is 14.7 Å². The first-order valence-electron chi connectivity index (χ1n) is 4.91. The molecule has 0 aromatic carbocycles. The van der Waals surface area contributed by atoms with Crippen LogP contribution in [-0.2, 0) is 9.59 Å². The van der Waals surface area contributed by atoms with Gasteiger partial charge in [0.25, 0.3) is 0 Å². The topological polar surface area (TPSA) is 72.9 Å². The van der Waals surface area contributed by atoms with E-state index in [1.165, 1.54) is 4.90 Å². The van der Waals surface area contributed by atoms with Gasteiger partial charge in [-0.05, 0) is 14.1 Å². The first-order valence-corrected chi connectivity index (χ1v) is 4.91. The summed E-state index contributed by atoms with van der Waals surface area (Å²) in [4.78, 5) is 25.8. The predicted molar refractivity (Wildman–Crippen MR) is 54.6 cm³/mol. The number of carbonyl (C=O) groups is 2. The van der Waals surface area contributed by atoms with Crippen molar-refractivity contribution in [1.82, 2.24) is 15.1 Å². The molecule has 0 bridgehead atoms. The molecule has 0 spiro atoms. The molecule has 6 nitrogen and oxygen atoms in total. The van der Waals surface area contributed by atoms with Crippen molar-refractivity contribution in [3.8, 4) is 0 Å². The maximum Gasteiger partial charge on any atom is 0.323 e. The number of carboxylic acids is 1. The van der Waals surface area contributed by atoms with Crippen LogP contribution in [0.2, 0.25) is 0 Å². The molecule has 0 saturated carbocycles. The van der Waals surface area contributed by atoms with E-state index < -0.39 is 5.97 Å². The average Bonchev–Trinajstić information content (AvgIpc) is 2.30. The molecule has 0 radical (unpaired) electrons. The minimum atomic E-state index is -0.970. The monoisotopic (exact) mass is 215 g/mol. The Morgan fingerprint density at radius 3 is 2.80 bits per heavy atom. The molecule has 2 N–H and O–H groups in total. The average molecular weight is 215 g/mol. The van der Waals surface area contributed by atoms with E-state index in [0.717, 1.165) is 0 Å². The number of rotatable bonds is 3. The molecule has 0 aliphatic carbocycles. The van der Waals surface area contributed by atoms with E-state index in [0.29, 0.717) is 19.6 Å². The highest BCUT2D eigenvalue weighted by Gasteiger charge is 2.28. The standard InChI is InChI=1S/C9H17N3O3/c1-10-7-5-11(2)3-4-12(9(7)15)6-8(13)14/h7,10H,3-6H2,1-2H3,(H,13,14)/t7-/m0/s1. The minimum absolute atomic E-state index is 0.135. The number of hydrogen-bond donors (Lipinski definition) is 2. The van der Waals surface area contributed by atoms with Gasteiger partial charge in [0.05, 0.1) is 6.04 Å². The summed E-state index contributed by atoms with van der Waals surface area (Å²) in [5.74, 6) is -1.10. The van der Waals surface area contributed by atoms with Crippen LogP contribution < -0.4 is 5.32 Å². The second-order valence-electron chi connectivity index (χ2n) is 3.76. The van der Waals surface area contributed by atoms with Gasteiger partial charge < -0.3 is 20.2 Å². The fourth-order valence-corrected chi connectivity index (χ4v) is 1.64. The Morgan fingerprint density at radius 1 is 1.60 bits per heavy atom. The lowest BCUT2D eigenvalue weighted by atomic mass is 10.2. The van der Waals surface area contributed by atoms with Crippen molar-refractivity contribution in [2.45, 2.75) is 6.04 Å². The van der Waals surface area contributed by atoms with Crippen molar-refractivity contribution in [3.05, 3.63) is 0 Å². The third-order valence-corrected chi connectivity index (χ3v) is 2.53. The molecule has 6 heteroatoms. The second kappa shape index (κ2) is 5.09. The van der Waals surface area contributed by atoms with Crippen LogP contribution in [-0.4, -0.2) is 73.1 Å². The Bertz CT molecular complexity index is 257. The van der Waals surface area contributed by atoms with Crippen LogP contribution in [0, 0.1) is 0 Å². The zero-order valence-electron chi connectivity index (χ0n) is 9.06. The van der Waals surface area contributed by atoms with Crippen LogP contribution in [0.5, 0.6) is 0 Å². The molecule has 1 saturated heterocycles. The van der Waals surface area contributed by atoms with Crippen LogP contribution in [0.1, 0.15) is 0 Å². The number of hydrogen-bond acceptors (Lipinski definition) is 4. The Balaban J connectivity index is 2.70. The lowest BCUT2D eigenvalue weighted by Crippen LogP contribution is -2.48. The van der Waals surface area contributed by atoms with Gasteiger partial charge in [-0.25, -0.2) is 0 Å². The predicted octanol–water partition coefficient (Wildman–Crippen LogP) is -1.57. The Morgan fingerprint density at radius 2 is 2.27 bits per heavy atom. The molecule has 1 aliphatic rings. The largest absolute Gasteiger partial charge is 0.480 e. The number of amides is 1. The smallest absolute Gasteiger partial charge is 0.323 e. The second-order valence-corrected chi connectivity index (χ2v) is 3.76. The van der Waals surface area contributed by atoms with E-state index >= 15 is 0 Å². The molecule has 1 heterocycles. The van der Waals surface area contributed by atoms with Crippen LogP contribution in [0.15, 0.2) is 0 Å². The van der Waals surface area contributed by atoms with Gasteiger partial charge in [-0.3, -0.25) is 9.59 Å². The van der Waals surface area contributed by atoms with E-state index in [-0.39, 0.29) is 18.5 Å². The summed E-state index contributed by atoms with van der Waals surface area (Å²) in [6.07, 6.45) is 0. The molecule has 0 unspecified atom stereocenters. The number of carboxylic acid groups (broad SMARTS) is 1. The van der Waals surface area contributed by atoms with Gasteiger partial charge in [-0.1, -0.05) is 0 Å². The summed E-state index contributed by atoms with van der Waals surface area (Å²) in [6, 6.07) is -0.308. The lowest BCUT2D eigenvalue weighted by Gasteiger charge is -2.21. The molecule has 1 rings (SSSR count). The third-order valence-electron chi connectivity index (χ3n) is 2.53. The van der Waals surface area contributed by atoms with Gasteiger partial charge in [-0.15, -0.1) is 0 Å². The Kier molecular flexibility index (Phi) is 4.05. The first kappa shape index (κ1) is 11.9. The Hall–Kier alpha value is -1.14. The molecule has 15 heavy (non-hydrogen) atoms. The number of aliphatic carboxylic acids is 1. The summed E-state index contributed by atoms with van der Waals surface area (Å²) in [7, 11) is 3.63. The van der Waals surface area contributed by atoms with E-state index in [4.69, 9.17) is 5.11 Å². The van der Waals surface area contributed by atoms with Gasteiger partial charge in [0.15, 0.2) is 0 Å². The molecule has 1 fully saturated rings. The van der Waals surface area contributed by atoms with Gasteiger partial charge in [-0.2, -0.15) is 0 Å². The number of nitrogens with one attached hydrogen (secondary N) is 1. The van der Waals surface area contributed by atoms with E-state index in [9.17, 15) is 9.59 Å². The van der Waals surface area contributed by atoms with Crippen molar-refractivity contribution in [3.63, 3.8) is 0 Å². The summed E-state index contributed by atoms with van der Waals surface area (Å²) >= 11 is 0. The van der Waals surface area contributed by atoms with Crippen molar-refractivity contribution in [1.29, 1.82) is 0 Å². The van der Waals surface area contributed by atoms with Gasteiger partial charge in [0.1, 0.15) is 6.54 Å². The molecule has 1 amide bonds. The zero-order valence-corrected chi connectivity index (χ0v) is 9.06. The number of nitrogens with zero attached hydrogens (tertiary/aromatic N) is 2. The molecular weight excluding hydrogens is 198 g/mol. The molecule has 1 atom stereocenters. The molecular formula is C9H17N3O3. The van der Waals surface area contributed by atoms with Crippen LogP contribution in [0.4, 0.5) is 0 Å². The SMILES string of the molecule is CN[C@H]1CN(C)CCN(CC(=O)O)C1=O. The zero-order chi connectivity index (χ0) is 11.4. The normalized spacial score (nSPS) is 24.0. The molecule has 1 aliphatic heterocycles. The van der Waals surface area contributed by atoms with Crippen molar-refractivity contribution >= 4 is 11.9 Å². The fourth-order valence-electron chi connectivity index (χ4n) is 1.64. The van der Waals surface area contributed by atoms with Crippen LogP contribution in [0.25, 0.3) is 0 Å². The number of likely N-dealkylation sites (N-methyl/N-ethyl adjacent to an activating group) is 2. The summed E-state index contributed by atoms with van der Waals surface area (Å²) in [5, 5.41) is 11.6. The fraction of sp³-hybridized carbons (Fsp3) is 0.778. The summed E-state index contributed by atoms with van der Waals surface area (Å²) in [6.45, 7) is 1.58. The Labute approximate surface area is 88.8 Å². The minimum Gasteiger partial charge on any atom is -0.480 e. The molecule has 0 aromatic rings. The first-order chi connectivity index (χ1) is 7.04. The highest BCUT2D eigenvalue weighted by molar-refractivity contribution is 5.85. The molecule has 0 aromatic heterocycles. The maximum absolute atomic E-state index is 11.8. The summed E-state index contributed by atoms with van der Waals surface area (Å²) < 4.78 is 0. The van der Waals surface area contributed by atoms with Gasteiger partial charge in [0.2, 0.25) is 5.91 Å². The highest BCUT2D eigenvalue weighted by atomic mass is 16.4. The van der Waals surface area contributed by atoms with Crippen LogP contribution in [0.3, 0.4) is 0 Å². The highest BCUT2D eigenvalue weighted by Crippen LogP contribution is 2.03. The quantitative estimate of drug-likeness (QED) is 0.595. The maximum atomic E-state index is 11.8. The van der Waals surface area contributed by atoms with E-state index in [2.05, 4.69) is 5.32 Å². The van der Waals surface area contributed by atoms with Crippen LogP contribution >= 0.6 is 0 Å². The van der Waals surface area contributed by atoms with Gasteiger partial charge in [0, 0.05) is 19.6 Å². The number of carbonyl (C=O) groups excluding carboxylic acids is 1.